The molecule has 0 saturated heterocycles. The van der Waals surface area contributed by atoms with Crippen LogP contribution in [0.2, 0.25) is 0 Å². The highest BCUT2D eigenvalue weighted by Crippen LogP contribution is 2.41. The van der Waals surface area contributed by atoms with Crippen LogP contribution in [0.4, 0.5) is 11.4 Å². The fraction of sp³-hybridized carbons (Fsp3) is 0.467. The minimum Gasteiger partial charge on any atom is -0.386 e. The third-order valence-electron chi connectivity index (χ3n) is 4.27. The molecule has 6 heteroatoms. The molecule has 0 unspecified atom stereocenters. The molecule has 0 aromatic heterocycles. The highest BCUT2D eigenvalue weighted by molar-refractivity contribution is 6.07. The highest BCUT2D eigenvalue weighted by atomic mass is 15.4. The molecular formula is C15H22N6. The lowest BCUT2D eigenvalue weighted by molar-refractivity contribution is 0.306. The van der Waals surface area contributed by atoms with Gasteiger partial charge in [-0.15, -0.1) is 0 Å². The van der Waals surface area contributed by atoms with Gasteiger partial charge >= 0.3 is 0 Å². The number of hydrogen-bond acceptors (Lipinski definition) is 6. The lowest BCUT2D eigenvalue weighted by Gasteiger charge is -2.46. The molecule has 1 aromatic carbocycles. The molecule has 5 N–H and O–H groups in total. The first kappa shape index (κ1) is 13.7. The molecule has 1 aliphatic carbocycles. The molecule has 6 nitrogen and oxygen atoms in total. The van der Waals surface area contributed by atoms with Gasteiger partial charge in [-0.25, -0.2) is 4.99 Å². The molecule has 1 aliphatic heterocycles. The van der Waals surface area contributed by atoms with Gasteiger partial charge in [-0.3, -0.25) is 4.90 Å². The Kier molecular flexibility index (Phi) is 3.45. The lowest BCUT2D eigenvalue weighted by atomic mass is 9.87. The van der Waals surface area contributed by atoms with Gasteiger partial charge in [0.05, 0.1) is 11.4 Å². The van der Waals surface area contributed by atoms with Crippen LogP contribution in [0.15, 0.2) is 34.3 Å². The molecule has 21 heavy (non-hydrogen) atoms. The van der Waals surface area contributed by atoms with Crippen molar-refractivity contribution in [2.45, 2.75) is 37.8 Å². The maximum Gasteiger partial charge on any atom is 0.220 e. The van der Waals surface area contributed by atoms with E-state index in [1.807, 2.05) is 36.2 Å². The van der Waals surface area contributed by atoms with Gasteiger partial charge in [0.25, 0.3) is 0 Å². The molecule has 1 heterocycles. The molecule has 0 radical (unpaired) electrons. The van der Waals surface area contributed by atoms with Crippen molar-refractivity contribution in [3.8, 4) is 0 Å². The zero-order valence-corrected chi connectivity index (χ0v) is 12.3. The molecule has 0 bridgehead atoms. The summed E-state index contributed by atoms with van der Waals surface area (Å²) in [7, 11) is 1.90. The first-order valence-corrected chi connectivity index (χ1v) is 7.43. The van der Waals surface area contributed by atoms with Crippen LogP contribution in [0.1, 0.15) is 32.1 Å². The van der Waals surface area contributed by atoms with E-state index in [4.69, 9.17) is 11.5 Å². The van der Waals surface area contributed by atoms with E-state index in [1.165, 1.54) is 6.42 Å². The summed E-state index contributed by atoms with van der Waals surface area (Å²) < 4.78 is 0. The average molecular weight is 286 g/mol. The van der Waals surface area contributed by atoms with E-state index in [9.17, 15) is 0 Å². The maximum atomic E-state index is 6.22. The molecule has 112 valence electrons. The summed E-state index contributed by atoms with van der Waals surface area (Å²) in [6.07, 6.45) is 5.38. The van der Waals surface area contributed by atoms with Gasteiger partial charge in [0.15, 0.2) is 0 Å². The van der Waals surface area contributed by atoms with Crippen molar-refractivity contribution in [1.29, 1.82) is 0 Å². The highest BCUT2D eigenvalue weighted by Gasteiger charge is 2.43. The van der Waals surface area contributed by atoms with E-state index in [1.54, 1.807) is 0 Å². The third kappa shape index (κ3) is 2.30. The van der Waals surface area contributed by atoms with Crippen molar-refractivity contribution in [2.24, 2.45) is 21.5 Å². The van der Waals surface area contributed by atoms with Crippen LogP contribution >= 0.6 is 0 Å². The second-order valence-corrected chi connectivity index (χ2v) is 5.59. The number of nitrogens with one attached hydrogen (secondary N) is 1. The number of aliphatic imine (C=N–C) groups is 2. The summed E-state index contributed by atoms with van der Waals surface area (Å²) in [5, 5.41) is 3.21. The van der Waals surface area contributed by atoms with E-state index in [0.29, 0.717) is 5.96 Å². The van der Waals surface area contributed by atoms with Crippen molar-refractivity contribution in [3.05, 3.63) is 24.3 Å². The zero-order chi connectivity index (χ0) is 14.9. The van der Waals surface area contributed by atoms with E-state index >= 15 is 0 Å². The Morgan fingerprint density at radius 3 is 2.57 bits per heavy atom. The number of nitrogens with two attached hydrogens (primary N) is 2. The summed E-state index contributed by atoms with van der Waals surface area (Å²) in [5.74, 6) is 0.708. The Labute approximate surface area is 124 Å². The number of anilines is 2. The first-order valence-electron chi connectivity index (χ1n) is 7.43. The van der Waals surface area contributed by atoms with Gasteiger partial charge in [0, 0.05) is 7.05 Å². The Morgan fingerprint density at radius 1 is 1.14 bits per heavy atom. The van der Waals surface area contributed by atoms with Gasteiger partial charge in [0.1, 0.15) is 5.66 Å². The van der Waals surface area contributed by atoms with Gasteiger partial charge in [-0.2, -0.15) is 4.99 Å². The normalized spacial score (nSPS) is 20.9. The van der Waals surface area contributed by atoms with Crippen LogP contribution < -0.4 is 21.7 Å². The quantitative estimate of drug-likeness (QED) is 0.773. The first-order chi connectivity index (χ1) is 10.2. The number of guanidine groups is 2. The smallest absolute Gasteiger partial charge is 0.220 e. The molecule has 1 aromatic rings. The molecule has 0 atom stereocenters. The minimum absolute atomic E-state index is 0.285. The minimum atomic E-state index is -0.388. The number of benzene rings is 1. The number of para-hydroxylation sites is 2. The zero-order valence-electron chi connectivity index (χ0n) is 12.3. The van der Waals surface area contributed by atoms with Gasteiger partial charge in [-0.05, 0) is 37.8 Å². The summed E-state index contributed by atoms with van der Waals surface area (Å²) in [5.41, 5.74) is 13.7. The van der Waals surface area contributed by atoms with Crippen molar-refractivity contribution >= 4 is 23.3 Å². The lowest BCUT2D eigenvalue weighted by Crippen LogP contribution is -2.58. The Morgan fingerprint density at radius 2 is 1.86 bits per heavy atom. The number of hydrogen-bond donors (Lipinski definition) is 3. The van der Waals surface area contributed by atoms with Gasteiger partial charge in [-0.1, -0.05) is 18.6 Å². The Hall–Kier alpha value is -2.24. The van der Waals surface area contributed by atoms with Crippen molar-refractivity contribution < 1.29 is 0 Å². The van der Waals surface area contributed by atoms with E-state index < -0.39 is 0 Å². The fourth-order valence-corrected chi connectivity index (χ4v) is 3.35. The predicted octanol–water partition coefficient (Wildman–Crippen LogP) is 1.84. The maximum absolute atomic E-state index is 6.22. The Balaban J connectivity index is 2.11. The molecule has 3 rings (SSSR count). The SMILES string of the molecule is CNc1ccccc1N1C(N)=NC(N)=NC12CCCCC2. The standard InChI is InChI=1S/C15H22N6/c1-18-11-7-3-4-8-12(11)21-14(17)19-13(16)20-15(21)9-5-2-6-10-15/h3-4,7-8,18H,2,5-6,9-10H2,1H3,(H4,16,17,19,20). The van der Waals surface area contributed by atoms with Crippen LogP contribution in [0.25, 0.3) is 0 Å². The van der Waals surface area contributed by atoms with Crippen LogP contribution in [0.3, 0.4) is 0 Å². The fourth-order valence-electron chi connectivity index (χ4n) is 3.35. The molecule has 1 fully saturated rings. The van der Waals surface area contributed by atoms with Crippen molar-refractivity contribution in [2.75, 3.05) is 17.3 Å². The summed E-state index contributed by atoms with van der Waals surface area (Å²) in [6, 6.07) is 8.07. The second kappa shape index (κ2) is 5.27. The summed E-state index contributed by atoms with van der Waals surface area (Å²) >= 11 is 0. The van der Waals surface area contributed by atoms with Crippen LogP contribution in [0, 0.1) is 0 Å². The molecule has 0 amide bonds. The molecule has 1 spiro atoms. The summed E-state index contributed by atoms with van der Waals surface area (Å²) in [6.45, 7) is 0. The van der Waals surface area contributed by atoms with Gasteiger partial charge < -0.3 is 16.8 Å². The van der Waals surface area contributed by atoms with Crippen LogP contribution in [-0.4, -0.2) is 24.6 Å². The van der Waals surface area contributed by atoms with E-state index in [2.05, 4.69) is 15.3 Å². The Bertz CT molecular complexity index is 586. The molecular weight excluding hydrogens is 264 g/mol. The van der Waals surface area contributed by atoms with Crippen LogP contribution in [0.5, 0.6) is 0 Å². The number of nitrogens with zero attached hydrogens (tertiary/aromatic N) is 3. The monoisotopic (exact) mass is 286 g/mol. The van der Waals surface area contributed by atoms with E-state index in [-0.39, 0.29) is 11.6 Å². The van der Waals surface area contributed by atoms with Gasteiger partial charge in [0.2, 0.25) is 11.9 Å². The predicted molar refractivity (Wildman–Crippen MR) is 87.5 cm³/mol. The topological polar surface area (TPSA) is 92.0 Å². The van der Waals surface area contributed by atoms with E-state index in [0.717, 1.165) is 37.1 Å². The van der Waals surface area contributed by atoms with Crippen molar-refractivity contribution in [3.63, 3.8) is 0 Å². The van der Waals surface area contributed by atoms with Crippen molar-refractivity contribution in [1.82, 2.24) is 0 Å². The second-order valence-electron chi connectivity index (χ2n) is 5.59. The number of rotatable bonds is 2. The molecule has 2 aliphatic rings. The van der Waals surface area contributed by atoms with Crippen LogP contribution in [-0.2, 0) is 0 Å². The molecule has 1 saturated carbocycles. The average Bonchev–Trinajstić information content (AvgIpc) is 2.47. The largest absolute Gasteiger partial charge is 0.386 e. The summed E-state index contributed by atoms with van der Waals surface area (Å²) in [4.78, 5) is 10.9. The third-order valence-corrected chi connectivity index (χ3v) is 4.27.